The molecule has 0 saturated heterocycles. The van der Waals surface area contributed by atoms with E-state index in [2.05, 4.69) is 0 Å². The fourth-order valence-corrected chi connectivity index (χ4v) is 7.71. The van der Waals surface area contributed by atoms with Crippen molar-refractivity contribution in [2.45, 2.75) is 117 Å². The first-order chi connectivity index (χ1) is 35.1. The fourth-order valence-electron chi connectivity index (χ4n) is 7.71. The molecule has 10 heterocycles. The number of hydrogen-bond donors (Lipinski definition) is 0. The molecule has 0 aromatic heterocycles. The smallest absolute Gasteiger partial charge is 0.306 e. The van der Waals surface area contributed by atoms with Gasteiger partial charge in [-0.05, 0) is 105 Å². The Morgan fingerprint density at radius 3 is 0.403 bits per heavy atom. The van der Waals surface area contributed by atoms with Crippen LogP contribution >= 0.6 is 0 Å². The van der Waals surface area contributed by atoms with Crippen LogP contribution in [0, 0.1) is 0 Å². The molecule has 16 rings (SSSR count). The third-order valence-corrected chi connectivity index (χ3v) is 12.2. The van der Waals surface area contributed by atoms with Crippen LogP contribution in [0.3, 0.4) is 0 Å². The highest BCUT2D eigenvalue weighted by Gasteiger charge is 2.12. The molecule has 10 aliphatic heterocycles. The van der Waals surface area contributed by atoms with Crippen molar-refractivity contribution in [1.29, 1.82) is 0 Å². The Kier molecular flexibility index (Phi) is 19.9. The van der Waals surface area contributed by atoms with E-state index in [-0.39, 0.29) is 114 Å². The van der Waals surface area contributed by atoms with E-state index in [9.17, 15) is 28.8 Å². The van der Waals surface area contributed by atoms with Gasteiger partial charge in [-0.15, -0.1) is 0 Å². The second-order valence-corrected chi connectivity index (χ2v) is 17.9. The van der Waals surface area contributed by atoms with Crippen molar-refractivity contribution < 1.29 is 57.2 Å². The van der Waals surface area contributed by atoms with Crippen molar-refractivity contribution >= 4 is 35.8 Å². The van der Waals surface area contributed by atoms with E-state index in [1.165, 1.54) is 0 Å². The highest BCUT2D eigenvalue weighted by atomic mass is 16.5. The quantitative estimate of drug-likeness (QED) is 0.105. The predicted octanol–water partition coefficient (Wildman–Crippen LogP) is 10.1. The van der Waals surface area contributed by atoms with Crippen molar-refractivity contribution in [3.63, 3.8) is 0 Å². The molecular weight excluding hydrogens is 913 g/mol. The van der Waals surface area contributed by atoms with E-state index in [4.69, 9.17) is 28.4 Å². The van der Waals surface area contributed by atoms with E-state index in [0.29, 0.717) is 38.5 Å². The van der Waals surface area contributed by atoms with Gasteiger partial charge in [-0.2, -0.15) is 0 Å². The number of carbonyl (C=O) groups excluding carboxylic acids is 6. The van der Waals surface area contributed by atoms with Gasteiger partial charge in [0.2, 0.25) is 0 Å². The van der Waals surface area contributed by atoms with Gasteiger partial charge in [-0.1, -0.05) is 146 Å². The summed E-state index contributed by atoms with van der Waals surface area (Å²) in [5.74, 6) is -1.87. The summed E-state index contributed by atoms with van der Waals surface area (Å²) in [5, 5.41) is 0. The fraction of sp³-hybridized carbons (Fsp3) is 0.300. The van der Waals surface area contributed by atoms with Crippen LogP contribution in [-0.2, 0) is 135 Å². The lowest BCUT2D eigenvalue weighted by atomic mass is 10.0. The first-order valence-corrected chi connectivity index (χ1v) is 24.5. The molecule has 0 unspecified atom stereocenters. The van der Waals surface area contributed by atoms with Gasteiger partial charge in [0.25, 0.3) is 0 Å². The van der Waals surface area contributed by atoms with Crippen molar-refractivity contribution in [1.82, 2.24) is 0 Å². The Morgan fingerprint density at radius 2 is 0.278 bits per heavy atom. The third-order valence-electron chi connectivity index (χ3n) is 12.2. The van der Waals surface area contributed by atoms with Gasteiger partial charge in [0.15, 0.2) is 0 Å². The molecule has 0 atom stereocenters. The van der Waals surface area contributed by atoms with Gasteiger partial charge in [-0.3, -0.25) is 28.8 Å². The Morgan fingerprint density at radius 1 is 0.167 bits per heavy atom. The molecule has 12 bridgehead atoms. The lowest BCUT2D eigenvalue weighted by Gasteiger charge is -2.09. The molecule has 0 aliphatic carbocycles. The summed E-state index contributed by atoms with van der Waals surface area (Å²) in [6.45, 7) is 0.794. The molecule has 6 aromatic carbocycles. The van der Waals surface area contributed by atoms with Crippen LogP contribution < -0.4 is 0 Å². The van der Waals surface area contributed by atoms with E-state index in [0.717, 1.165) is 66.8 Å². The molecule has 0 fully saturated rings. The summed E-state index contributed by atoms with van der Waals surface area (Å²) >= 11 is 0. The Labute approximate surface area is 420 Å². The summed E-state index contributed by atoms with van der Waals surface area (Å²) < 4.78 is 33.0. The molecule has 0 spiro atoms. The van der Waals surface area contributed by atoms with E-state index in [1.807, 2.05) is 146 Å². The number of carbonyl (C=O) groups is 6. The minimum absolute atomic E-state index is 0.132. The van der Waals surface area contributed by atoms with Gasteiger partial charge in [0.1, 0.15) is 39.6 Å². The van der Waals surface area contributed by atoms with E-state index < -0.39 is 0 Å². The highest BCUT2D eigenvalue weighted by Crippen LogP contribution is 2.17. The van der Waals surface area contributed by atoms with Crippen LogP contribution in [0.15, 0.2) is 146 Å². The minimum atomic E-state index is -0.311. The molecule has 12 heteroatoms. The highest BCUT2D eigenvalue weighted by molar-refractivity contribution is 5.72. The van der Waals surface area contributed by atoms with Crippen molar-refractivity contribution in [3.8, 4) is 0 Å². The van der Waals surface area contributed by atoms with E-state index in [1.54, 1.807) is 0 Å². The van der Waals surface area contributed by atoms with Crippen LogP contribution in [0.1, 0.15) is 105 Å². The average molecular weight is 973 g/mol. The molecule has 10 aliphatic rings. The van der Waals surface area contributed by atoms with Crippen molar-refractivity contribution in [2.24, 2.45) is 0 Å². The van der Waals surface area contributed by atoms with Gasteiger partial charge in [0, 0.05) is 38.5 Å². The van der Waals surface area contributed by atoms with Crippen molar-refractivity contribution in [2.75, 3.05) is 0 Å². The van der Waals surface area contributed by atoms with Gasteiger partial charge in [0.05, 0.1) is 0 Å². The second kappa shape index (κ2) is 27.5. The van der Waals surface area contributed by atoms with E-state index >= 15 is 0 Å². The molecule has 372 valence electrons. The monoisotopic (exact) mass is 972 g/mol. The topological polar surface area (TPSA) is 158 Å². The molecule has 0 radical (unpaired) electrons. The Balaban J connectivity index is 0.875. The maximum Gasteiger partial charge on any atom is 0.306 e. The molecule has 6 aromatic rings. The first kappa shape index (κ1) is 52.0. The number of esters is 6. The lowest BCUT2D eigenvalue weighted by molar-refractivity contribution is -0.145. The summed E-state index contributed by atoms with van der Waals surface area (Å²) in [6.07, 6.45) is 4.46. The SMILES string of the molecule is O=C1CCc2ccc(cc2)CCC(=O)OCc2ccc(cc2)COC(=O)CCc2ccc(cc2)CCC(=O)OCc2ccc(cc2)COC(=O)CCc2ccc(cc2)CCC(=O)OCc2ccc(cc2)CO1. The molecule has 12 nitrogen and oxygen atoms in total. The number of benzene rings is 6. The van der Waals surface area contributed by atoms with Crippen molar-refractivity contribution in [3.05, 3.63) is 212 Å². The standard InChI is InChI=1S/C60H60O12/c61-55-31-25-43-1-2-44(4-3-43)26-32-56(62)68-38-50-17-19-52(20-18-50)40-70-58(64)34-28-46-9-11-48(12-10-46)30-36-60(66)72-42-54-23-21-53(22-24-54)41-71-59(65)35-29-47-7-5-45(6-8-47)27-33-57(63)69-39-51-15-13-49(14-16-51)37-67-55/h1-24H,25-42H2. The zero-order valence-electron chi connectivity index (χ0n) is 40.5. The first-order valence-electron chi connectivity index (χ1n) is 24.5. The number of rotatable bonds is 0. The predicted molar refractivity (Wildman–Crippen MR) is 267 cm³/mol. The zero-order chi connectivity index (χ0) is 50.3. The lowest BCUT2D eigenvalue weighted by Crippen LogP contribution is -2.08. The average Bonchev–Trinajstić information content (AvgIpc) is 3.41. The summed E-state index contributed by atoms with van der Waals surface area (Å²) in [7, 11) is 0. The summed E-state index contributed by atoms with van der Waals surface area (Å²) in [6, 6.07) is 45.5. The zero-order valence-corrected chi connectivity index (χ0v) is 40.5. The molecule has 0 N–H and O–H groups in total. The third kappa shape index (κ3) is 18.5. The second-order valence-electron chi connectivity index (χ2n) is 17.9. The van der Waals surface area contributed by atoms with Gasteiger partial charge >= 0.3 is 35.8 Å². The minimum Gasteiger partial charge on any atom is -0.461 e. The van der Waals surface area contributed by atoms with Gasteiger partial charge < -0.3 is 28.4 Å². The van der Waals surface area contributed by atoms with Gasteiger partial charge in [-0.25, -0.2) is 0 Å². The Bertz CT molecular complexity index is 2040. The number of hydrogen-bond acceptors (Lipinski definition) is 12. The molecule has 0 amide bonds. The maximum absolute atomic E-state index is 12.5. The summed E-state index contributed by atoms with van der Waals surface area (Å²) in [5.41, 5.74) is 10.8. The van der Waals surface area contributed by atoms with Crippen LogP contribution in [0.25, 0.3) is 0 Å². The van der Waals surface area contributed by atoms with Crippen LogP contribution in [0.2, 0.25) is 0 Å². The molecular formula is C60H60O12. The van der Waals surface area contributed by atoms with Crippen LogP contribution in [0.4, 0.5) is 0 Å². The Hall–Kier alpha value is -7.86. The van der Waals surface area contributed by atoms with Crippen LogP contribution in [-0.4, -0.2) is 35.8 Å². The molecule has 0 saturated carbocycles. The largest absolute Gasteiger partial charge is 0.461 e. The molecule has 72 heavy (non-hydrogen) atoms. The maximum atomic E-state index is 12.5. The number of aryl methyl sites for hydroxylation is 6. The summed E-state index contributed by atoms with van der Waals surface area (Å²) in [4.78, 5) is 75.3. The normalized spacial score (nSPS) is 16.2. The number of ether oxygens (including phenoxy) is 6. The van der Waals surface area contributed by atoms with Crippen LogP contribution in [0.5, 0.6) is 0 Å².